The van der Waals surface area contributed by atoms with Gasteiger partial charge in [0.1, 0.15) is 4.90 Å². The minimum Gasteiger partial charge on any atom is -0.493 e. The fourth-order valence-electron chi connectivity index (χ4n) is 2.34. The van der Waals surface area contributed by atoms with Gasteiger partial charge in [0.15, 0.2) is 11.5 Å². The van der Waals surface area contributed by atoms with Crippen LogP contribution < -0.4 is 14.8 Å². The Bertz CT molecular complexity index is 625. The van der Waals surface area contributed by atoms with Gasteiger partial charge in [-0.3, -0.25) is 0 Å². The molecule has 0 amide bonds. The average molecular weight is 371 g/mol. The number of hydrogen-bond donors (Lipinski definition) is 1. The van der Waals surface area contributed by atoms with E-state index in [0.717, 1.165) is 0 Å². The summed E-state index contributed by atoms with van der Waals surface area (Å²) in [5.74, 6) is 0.734. The van der Waals surface area contributed by atoms with Crippen molar-refractivity contribution in [1.82, 2.24) is 9.62 Å². The molecule has 1 aromatic carbocycles. The van der Waals surface area contributed by atoms with Crippen LogP contribution in [0.3, 0.4) is 0 Å². The molecule has 1 aromatic rings. The van der Waals surface area contributed by atoms with E-state index in [1.807, 2.05) is 6.92 Å². The van der Waals surface area contributed by atoms with Crippen LogP contribution in [0, 0.1) is 0 Å². The summed E-state index contributed by atoms with van der Waals surface area (Å²) in [6.45, 7) is 3.51. The fraction of sp³-hybridized carbons (Fsp3) is 0.538. The number of hydrogen-bond acceptors (Lipinski definition) is 5. The minimum atomic E-state index is -3.67. The van der Waals surface area contributed by atoms with Crippen LogP contribution in [0.1, 0.15) is 6.92 Å². The zero-order valence-corrected chi connectivity index (χ0v) is 15.0. The zero-order chi connectivity index (χ0) is 15.6. The number of rotatable bonds is 4. The number of methoxy groups -OCH3 is 2. The van der Waals surface area contributed by atoms with E-state index in [9.17, 15) is 8.42 Å². The molecule has 126 valence electrons. The van der Waals surface area contributed by atoms with Crippen LogP contribution in [0.4, 0.5) is 0 Å². The summed E-state index contributed by atoms with van der Waals surface area (Å²) < 4.78 is 37.3. The summed E-state index contributed by atoms with van der Waals surface area (Å²) in [6, 6.07) is 2.73. The largest absolute Gasteiger partial charge is 0.493 e. The molecule has 1 aliphatic heterocycles. The molecule has 0 aliphatic carbocycles. The van der Waals surface area contributed by atoms with Crippen molar-refractivity contribution in [1.29, 1.82) is 0 Å². The summed E-state index contributed by atoms with van der Waals surface area (Å²) >= 11 is 6.13. The van der Waals surface area contributed by atoms with Crippen LogP contribution in [-0.4, -0.2) is 52.6 Å². The summed E-state index contributed by atoms with van der Waals surface area (Å²) in [7, 11) is -0.747. The van der Waals surface area contributed by atoms with Crippen molar-refractivity contribution < 1.29 is 17.9 Å². The lowest BCUT2D eigenvalue weighted by Gasteiger charge is -2.33. The Morgan fingerprint density at radius 2 is 1.86 bits per heavy atom. The molecular formula is C13H20Cl2N2O4S. The molecule has 0 bridgehead atoms. The van der Waals surface area contributed by atoms with Crippen molar-refractivity contribution in [3.8, 4) is 11.5 Å². The van der Waals surface area contributed by atoms with Crippen LogP contribution in [-0.2, 0) is 10.0 Å². The second-order valence-electron chi connectivity index (χ2n) is 4.81. The van der Waals surface area contributed by atoms with E-state index >= 15 is 0 Å². The maximum atomic E-state index is 12.8. The first-order valence-electron chi connectivity index (χ1n) is 6.56. The number of nitrogens with zero attached hydrogens (tertiary/aromatic N) is 1. The number of halogens is 2. The molecule has 0 radical (unpaired) electrons. The van der Waals surface area contributed by atoms with Crippen molar-refractivity contribution in [2.75, 3.05) is 33.9 Å². The highest BCUT2D eigenvalue weighted by atomic mass is 35.5. The predicted molar refractivity (Wildman–Crippen MR) is 88.0 cm³/mol. The van der Waals surface area contributed by atoms with Crippen molar-refractivity contribution in [3.05, 3.63) is 17.2 Å². The Kier molecular flexibility index (Phi) is 6.76. The number of nitrogens with one attached hydrogen (secondary N) is 1. The third-order valence-electron chi connectivity index (χ3n) is 3.47. The molecule has 1 N–H and O–H groups in total. The number of piperazine rings is 1. The van der Waals surface area contributed by atoms with Gasteiger partial charge < -0.3 is 14.8 Å². The van der Waals surface area contributed by atoms with Crippen molar-refractivity contribution in [3.63, 3.8) is 0 Å². The van der Waals surface area contributed by atoms with E-state index in [2.05, 4.69) is 5.32 Å². The molecule has 0 spiro atoms. The summed E-state index contributed by atoms with van der Waals surface area (Å²) in [6.07, 6.45) is 0. The molecule has 1 unspecified atom stereocenters. The standard InChI is InChI=1S/C13H19ClN2O4S.ClH/c1-9-8-15-4-5-16(9)21(17,18)13-7-12(20-3)11(19-2)6-10(13)14;/h6-7,9,15H,4-5,8H2,1-3H3;1H. The first-order valence-corrected chi connectivity index (χ1v) is 8.37. The molecule has 0 saturated carbocycles. The highest BCUT2D eigenvalue weighted by Gasteiger charge is 2.33. The third kappa shape index (κ3) is 3.60. The quantitative estimate of drug-likeness (QED) is 0.874. The Morgan fingerprint density at radius 1 is 1.27 bits per heavy atom. The molecule has 1 atom stereocenters. The van der Waals surface area contributed by atoms with Gasteiger partial charge in [0.05, 0.1) is 19.2 Å². The van der Waals surface area contributed by atoms with Gasteiger partial charge in [-0.25, -0.2) is 8.42 Å². The SMILES string of the molecule is COc1cc(Cl)c(S(=O)(=O)N2CCNCC2C)cc1OC.Cl. The lowest BCUT2D eigenvalue weighted by Crippen LogP contribution is -2.52. The Labute approximate surface area is 142 Å². The molecule has 1 saturated heterocycles. The molecule has 1 heterocycles. The number of sulfonamides is 1. The first-order chi connectivity index (χ1) is 9.91. The molecule has 0 aromatic heterocycles. The van der Waals surface area contributed by atoms with E-state index in [1.54, 1.807) is 0 Å². The van der Waals surface area contributed by atoms with Gasteiger partial charge in [0.25, 0.3) is 0 Å². The van der Waals surface area contributed by atoms with E-state index in [1.165, 1.54) is 30.7 Å². The molecular weight excluding hydrogens is 351 g/mol. The van der Waals surface area contributed by atoms with Gasteiger partial charge in [-0.2, -0.15) is 4.31 Å². The van der Waals surface area contributed by atoms with Gasteiger partial charge in [-0.05, 0) is 6.92 Å². The molecule has 1 aliphatic rings. The zero-order valence-electron chi connectivity index (χ0n) is 12.6. The topological polar surface area (TPSA) is 67.9 Å². The van der Waals surface area contributed by atoms with Crippen LogP contribution in [0.15, 0.2) is 17.0 Å². The molecule has 1 fully saturated rings. The van der Waals surface area contributed by atoms with Gasteiger partial charge in [0, 0.05) is 37.8 Å². The summed E-state index contributed by atoms with van der Waals surface area (Å²) in [5, 5.41) is 3.28. The summed E-state index contributed by atoms with van der Waals surface area (Å²) in [5.41, 5.74) is 0. The van der Waals surface area contributed by atoms with E-state index in [4.69, 9.17) is 21.1 Å². The normalized spacial score (nSPS) is 19.4. The summed E-state index contributed by atoms with van der Waals surface area (Å²) in [4.78, 5) is 0.0376. The van der Waals surface area contributed by atoms with Crippen LogP contribution >= 0.6 is 24.0 Å². The second-order valence-corrected chi connectivity index (χ2v) is 7.07. The fourth-order valence-corrected chi connectivity index (χ4v) is 4.48. The Hall–Kier alpha value is -0.730. The number of benzene rings is 1. The smallest absolute Gasteiger partial charge is 0.245 e. The minimum absolute atomic E-state index is 0. The van der Waals surface area contributed by atoms with E-state index in [-0.39, 0.29) is 28.4 Å². The van der Waals surface area contributed by atoms with E-state index < -0.39 is 10.0 Å². The van der Waals surface area contributed by atoms with Gasteiger partial charge in [0.2, 0.25) is 10.0 Å². The first kappa shape index (κ1) is 19.3. The second kappa shape index (κ2) is 7.70. The predicted octanol–water partition coefficient (Wildman–Crippen LogP) is 1.76. The van der Waals surface area contributed by atoms with Gasteiger partial charge in [-0.1, -0.05) is 11.6 Å². The lowest BCUT2D eigenvalue weighted by molar-refractivity contribution is 0.283. The highest BCUT2D eigenvalue weighted by Crippen LogP contribution is 2.36. The van der Waals surface area contributed by atoms with Crippen molar-refractivity contribution in [2.45, 2.75) is 17.9 Å². The van der Waals surface area contributed by atoms with Gasteiger partial charge in [-0.15, -0.1) is 12.4 Å². The molecule has 6 nitrogen and oxygen atoms in total. The van der Waals surface area contributed by atoms with Crippen molar-refractivity contribution in [2.24, 2.45) is 0 Å². The Morgan fingerprint density at radius 3 is 2.41 bits per heavy atom. The van der Waals surface area contributed by atoms with Crippen LogP contribution in [0.2, 0.25) is 5.02 Å². The van der Waals surface area contributed by atoms with E-state index in [0.29, 0.717) is 31.1 Å². The maximum absolute atomic E-state index is 12.8. The number of ether oxygens (including phenoxy) is 2. The van der Waals surface area contributed by atoms with Gasteiger partial charge >= 0.3 is 0 Å². The molecule has 2 rings (SSSR count). The monoisotopic (exact) mass is 370 g/mol. The Balaban J connectivity index is 0.00000242. The van der Waals surface area contributed by atoms with Crippen molar-refractivity contribution >= 4 is 34.0 Å². The molecule has 22 heavy (non-hydrogen) atoms. The van der Waals surface area contributed by atoms with Crippen LogP contribution in [0.5, 0.6) is 11.5 Å². The third-order valence-corrected chi connectivity index (χ3v) is 5.94. The van der Waals surface area contributed by atoms with Crippen LogP contribution in [0.25, 0.3) is 0 Å². The lowest BCUT2D eigenvalue weighted by atomic mass is 10.3. The average Bonchev–Trinajstić information content (AvgIpc) is 2.46. The molecule has 9 heteroatoms. The highest BCUT2D eigenvalue weighted by molar-refractivity contribution is 7.89. The maximum Gasteiger partial charge on any atom is 0.245 e.